The average Bonchev–Trinajstić information content (AvgIpc) is 2.70. The third kappa shape index (κ3) is 5.57. The van der Waals surface area contributed by atoms with Crippen LogP contribution in [-0.2, 0) is 4.79 Å². The second-order valence-corrected chi connectivity index (χ2v) is 5.92. The average molecular weight is 383 g/mol. The fourth-order valence-corrected chi connectivity index (χ4v) is 2.65. The molecule has 0 radical (unpaired) electrons. The van der Waals surface area contributed by atoms with E-state index in [0.717, 1.165) is 18.8 Å². The van der Waals surface area contributed by atoms with Gasteiger partial charge in [-0.2, -0.15) is 5.10 Å². The summed E-state index contributed by atoms with van der Waals surface area (Å²) < 4.78 is 10.3. The van der Waals surface area contributed by atoms with Gasteiger partial charge in [0, 0.05) is 31.3 Å². The molecule has 0 bridgehead atoms. The van der Waals surface area contributed by atoms with Gasteiger partial charge >= 0.3 is 5.97 Å². The van der Waals surface area contributed by atoms with E-state index in [4.69, 9.17) is 9.47 Å². The first-order chi connectivity index (χ1) is 13.5. The standard InChI is InChI=1S/C21H25N3O4/c1-5-24(6-2)18-10-8-17(9-11-18)21(26)23-22-14-16-7-12-19(28-15(3)25)20(13-16)27-4/h7-14H,5-6H2,1-4H3,(H,23,26)/b22-14-. The van der Waals surface area contributed by atoms with Crippen molar-refractivity contribution >= 4 is 23.8 Å². The predicted molar refractivity (Wildman–Crippen MR) is 109 cm³/mol. The quantitative estimate of drug-likeness (QED) is 0.328. The van der Waals surface area contributed by atoms with Gasteiger partial charge in [-0.3, -0.25) is 9.59 Å². The van der Waals surface area contributed by atoms with Gasteiger partial charge in [-0.05, 0) is 61.9 Å². The Morgan fingerprint density at radius 1 is 1.07 bits per heavy atom. The molecule has 0 aliphatic heterocycles. The van der Waals surface area contributed by atoms with Gasteiger partial charge in [-0.25, -0.2) is 5.43 Å². The number of nitrogens with one attached hydrogen (secondary N) is 1. The number of anilines is 1. The zero-order valence-corrected chi connectivity index (χ0v) is 16.6. The highest BCUT2D eigenvalue weighted by molar-refractivity contribution is 5.95. The third-order valence-corrected chi connectivity index (χ3v) is 4.08. The molecule has 7 nitrogen and oxygen atoms in total. The van der Waals surface area contributed by atoms with Crippen LogP contribution in [0.4, 0.5) is 5.69 Å². The third-order valence-electron chi connectivity index (χ3n) is 4.08. The van der Waals surface area contributed by atoms with Gasteiger partial charge in [0.2, 0.25) is 0 Å². The van der Waals surface area contributed by atoms with Crippen LogP contribution in [0.1, 0.15) is 36.7 Å². The maximum absolute atomic E-state index is 12.2. The molecule has 2 aromatic rings. The molecule has 2 rings (SSSR count). The molecule has 1 amide bonds. The molecule has 0 spiro atoms. The lowest BCUT2D eigenvalue weighted by molar-refractivity contribution is -0.132. The van der Waals surface area contributed by atoms with Crippen LogP contribution in [0.5, 0.6) is 11.5 Å². The van der Waals surface area contributed by atoms with Crippen LogP contribution in [0, 0.1) is 0 Å². The summed E-state index contributed by atoms with van der Waals surface area (Å²) in [6, 6.07) is 12.4. The Bertz CT molecular complexity index is 843. The Morgan fingerprint density at radius 2 is 1.75 bits per heavy atom. The minimum Gasteiger partial charge on any atom is -0.493 e. The van der Waals surface area contributed by atoms with E-state index in [1.165, 1.54) is 20.2 Å². The van der Waals surface area contributed by atoms with Crippen LogP contribution in [-0.4, -0.2) is 38.3 Å². The molecule has 148 valence electrons. The minimum absolute atomic E-state index is 0.300. The molecule has 0 fully saturated rings. The molecule has 28 heavy (non-hydrogen) atoms. The van der Waals surface area contributed by atoms with Gasteiger partial charge in [0.15, 0.2) is 11.5 Å². The number of carbonyl (C=O) groups is 2. The van der Waals surface area contributed by atoms with E-state index in [1.807, 2.05) is 12.1 Å². The summed E-state index contributed by atoms with van der Waals surface area (Å²) in [4.78, 5) is 25.5. The molecule has 0 aromatic heterocycles. The van der Waals surface area contributed by atoms with E-state index < -0.39 is 5.97 Å². The summed E-state index contributed by atoms with van der Waals surface area (Å²) in [5, 5.41) is 3.98. The lowest BCUT2D eigenvalue weighted by Gasteiger charge is -2.20. The first-order valence-corrected chi connectivity index (χ1v) is 9.03. The van der Waals surface area contributed by atoms with Crippen molar-refractivity contribution in [3.8, 4) is 11.5 Å². The van der Waals surface area contributed by atoms with Crippen molar-refractivity contribution in [2.75, 3.05) is 25.1 Å². The second-order valence-electron chi connectivity index (χ2n) is 5.92. The molecule has 0 atom stereocenters. The van der Waals surface area contributed by atoms with Gasteiger partial charge < -0.3 is 14.4 Å². The van der Waals surface area contributed by atoms with E-state index in [1.54, 1.807) is 30.3 Å². The number of amides is 1. The van der Waals surface area contributed by atoms with Crippen molar-refractivity contribution in [1.29, 1.82) is 0 Å². The molecule has 0 unspecified atom stereocenters. The number of rotatable bonds is 8. The summed E-state index contributed by atoms with van der Waals surface area (Å²) in [6.07, 6.45) is 1.49. The van der Waals surface area contributed by atoms with Gasteiger partial charge in [-0.1, -0.05) is 0 Å². The van der Waals surface area contributed by atoms with Gasteiger partial charge in [0.05, 0.1) is 13.3 Å². The number of benzene rings is 2. The fraction of sp³-hybridized carbons (Fsp3) is 0.286. The Labute approximate surface area is 164 Å². The van der Waals surface area contributed by atoms with Gasteiger partial charge in [0.1, 0.15) is 0 Å². The molecule has 2 aromatic carbocycles. The number of carbonyl (C=O) groups excluding carboxylic acids is 2. The zero-order chi connectivity index (χ0) is 20.5. The van der Waals surface area contributed by atoms with Crippen molar-refractivity contribution < 1.29 is 19.1 Å². The molecule has 0 saturated heterocycles. The van der Waals surface area contributed by atoms with E-state index in [2.05, 4.69) is 29.3 Å². The molecule has 0 aliphatic rings. The van der Waals surface area contributed by atoms with Crippen molar-refractivity contribution in [1.82, 2.24) is 5.43 Å². The van der Waals surface area contributed by atoms with E-state index in [9.17, 15) is 9.59 Å². The molecule has 0 aliphatic carbocycles. The van der Waals surface area contributed by atoms with E-state index >= 15 is 0 Å². The summed E-state index contributed by atoms with van der Waals surface area (Å²) in [6.45, 7) is 7.32. The van der Waals surface area contributed by atoms with Crippen LogP contribution in [0.2, 0.25) is 0 Å². The highest BCUT2D eigenvalue weighted by atomic mass is 16.6. The lowest BCUT2D eigenvalue weighted by atomic mass is 10.2. The van der Waals surface area contributed by atoms with Crippen LogP contribution in [0.15, 0.2) is 47.6 Å². The fourth-order valence-electron chi connectivity index (χ4n) is 2.65. The Balaban J connectivity index is 2.02. The summed E-state index contributed by atoms with van der Waals surface area (Å²) >= 11 is 0. The molecule has 7 heteroatoms. The lowest BCUT2D eigenvalue weighted by Crippen LogP contribution is -2.22. The highest BCUT2D eigenvalue weighted by Gasteiger charge is 2.08. The number of methoxy groups -OCH3 is 1. The predicted octanol–water partition coefficient (Wildman–Crippen LogP) is 3.23. The largest absolute Gasteiger partial charge is 0.493 e. The van der Waals surface area contributed by atoms with Crippen molar-refractivity contribution in [3.05, 3.63) is 53.6 Å². The summed E-state index contributed by atoms with van der Waals surface area (Å²) in [7, 11) is 1.48. The second kappa shape index (κ2) is 10.1. The highest BCUT2D eigenvalue weighted by Crippen LogP contribution is 2.27. The Hall–Kier alpha value is -3.35. The number of hydrogen-bond donors (Lipinski definition) is 1. The SMILES string of the molecule is CCN(CC)c1ccc(C(=O)N/N=C\c2ccc(OC(C)=O)c(OC)c2)cc1. The van der Waals surface area contributed by atoms with Gasteiger partial charge in [-0.15, -0.1) is 0 Å². The smallest absolute Gasteiger partial charge is 0.308 e. The minimum atomic E-state index is -0.431. The Morgan fingerprint density at radius 3 is 2.32 bits per heavy atom. The first kappa shape index (κ1) is 21.0. The maximum atomic E-state index is 12.2. The van der Waals surface area contributed by atoms with Crippen LogP contribution >= 0.6 is 0 Å². The molecule has 0 saturated carbocycles. The summed E-state index contributed by atoms with van der Waals surface area (Å²) in [5.41, 5.74) is 4.78. The topological polar surface area (TPSA) is 80.2 Å². The van der Waals surface area contributed by atoms with Crippen molar-refractivity contribution in [2.24, 2.45) is 5.10 Å². The number of esters is 1. The van der Waals surface area contributed by atoms with Crippen LogP contribution < -0.4 is 19.8 Å². The van der Waals surface area contributed by atoms with E-state index in [0.29, 0.717) is 22.6 Å². The molecular formula is C21H25N3O4. The van der Waals surface area contributed by atoms with Crippen molar-refractivity contribution in [3.63, 3.8) is 0 Å². The molecular weight excluding hydrogens is 358 g/mol. The molecule has 0 heterocycles. The van der Waals surface area contributed by atoms with Crippen LogP contribution in [0.3, 0.4) is 0 Å². The molecule has 1 N–H and O–H groups in total. The zero-order valence-electron chi connectivity index (χ0n) is 16.6. The van der Waals surface area contributed by atoms with Crippen molar-refractivity contribution in [2.45, 2.75) is 20.8 Å². The number of hydrogen-bond acceptors (Lipinski definition) is 6. The number of nitrogens with zero attached hydrogens (tertiary/aromatic N) is 2. The monoisotopic (exact) mass is 383 g/mol. The Kier molecular flexibility index (Phi) is 7.56. The number of hydrazone groups is 1. The first-order valence-electron chi connectivity index (χ1n) is 9.03. The normalized spacial score (nSPS) is 10.6. The van der Waals surface area contributed by atoms with Crippen LogP contribution in [0.25, 0.3) is 0 Å². The van der Waals surface area contributed by atoms with E-state index in [-0.39, 0.29) is 5.91 Å². The maximum Gasteiger partial charge on any atom is 0.308 e. The van der Waals surface area contributed by atoms with Gasteiger partial charge in [0.25, 0.3) is 5.91 Å². The number of ether oxygens (including phenoxy) is 2. The summed E-state index contributed by atoms with van der Waals surface area (Å²) in [5.74, 6) is -0.00761.